The molecule has 1 aliphatic heterocycles. The van der Waals surface area contributed by atoms with Crippen molar-refractivity contribution in [1.82, 2.24) is 14.9 Å². The minimum absolute atomic E-state index is 0.0389. The number of halogens is 3. The number of benzene rings is 1. The van der Waals surface area contributed by atoms with Gasteiger partial charge in [-0.15, -0.1) is 0 Å². The van der Waals surface area contributed by atoms with Crippen LogP contribution in [0.1, 0.15) is 5.56 Å². The van der Waals surface area contributed by atoms with Gasteiger partial charge in [0.1, 0.15) is 5.75 Å². The van der Waals surface area contributed by atoms with Crippen LogP contribution < -0.4 is 15.4 Å². The minimum atomic E-state index is -2.92. The van der Waals surface area contributed by atoms with Crippen LogP contribution in [0, 0.1) is 0 Å². The van der Waals surface area contributed by atoms with E-state index in [9.17, 15) is 8.78 Å². The van der Waals surface area contributed by atoms with Gasteiger partial charge in [-0.3, -0.25) is 0 Å². The highest BCUT2D eigenvalue weighted by Crippen LogP contribution is 2.25. The first-order chi connectivity index (χ1) is 13.0. The fourth-order valence-corrected chi connectivity index (χ4v) is 2.93. The number of hydrogen-bond acceptors (Lipinski definition) is 5. The van der Waals surface area contributed by atoms with E-state index in [0.717, 1.165) is 0 Å². The second-order valence-electron chi connectivity index (χ2n) is 5.83. The highest BCUT2D eigenvalue weighted by atomic mass is 35.5. The molecule has 1 aromatic carbocycles. The van der Waals surface area contributed by atoms with Crippen molar-refractivity contribution in [2.24, 2.45) is 10.7 Å². The number of hydrogen-bond donors (Lipinski definition) is 1. The summed E-state index contributed by atoms with van der Waals surface area (Å²) in [5, 5.41) is 0.414. The zero-order valence-corrected chi connectivity index (χ0v) is 15.2. The van der Waals surface area contributed by atoms with Crippen LogP contribution in [-0.4, -0.2) is 53.6 Å². The Kier molecular flexibility index (Phi) is 6.23. The van der Waals surface area contributed by atoms with Gasteiger partial charge in [-0.25, -0.2) is 15.0 Å². The summed E-state index contributed by atoms with van der Waals surface area (Å²) in [6.45, 7) is -0.0998. The summed E-state index contributed by atoms with van der Waals surface area (Å²) >= 11 is 5.94. The standard InChI is InChI=1S/C17H19ClF2N6O/c18-13-2-3-14(27-15(19)20)12(10-13)11-24-16(21)25-6-8-26(9-7-25)17-22-4-1-5-23-17/h1-5,10,15H,6-9,11H2,(H2,21,24). The van der Waals surface area contributed by atoms with Gasteiger partial charge in [-0.1, -0.05) is 11.6 Å². The summed E-state index contributed by atoms with van der Waals surface area (Å²) in [4.78, 5) is 16.8. The Morgan fingerprint density at radius 2 is 1.93 bits per heavy atom. The van der Waals surface area contributed by atoms with E-state index in [-0.39, 0.29) is 12.3 Å². The molecule has 2 N–H and O–H groups in total. The largest absolute Gasteiger partial charge is 0.434 e. The first-order valence-electron chi connectivity index (χ1n) is 8.33. The van der Waals surface area contributed by atoms with Crippen molar-refractivity contribution in [3.05, 3.63) is 47.2 Å². The van der Waals surface area contributed by atoms with Gasteiger partial charge in [0.05, 0.1) is 6.54 Å². The SMILES string of the molecule is NC(=NCc1cc(Cl)ccc1OC(F)F)N1CCN(c2ncccn2)CC1. The quantitative estimate of drug-likeness (QED) is 0.617. The summed E-state index contributed by atoms with van der Waals surface area (Å²) in [6, 6.07) is 6.20. The Morgan fingerprint density at radius 3 is 2.59 bits per heavy atom. The summed E-state index contributed by atoms with van der Waals surface area (Å²) in [5.74, 6) is 1.06. The average molecular weight is 397 g/mol. The Hall–Kier alpha value is -2.68. The third-order valence-corrected chi connectivity index (χ3v) is 4.32. The molecular weight excluding hydrogens is 378 g/mol. The lowest BCUT2D eigenvalue weighted by Crippen LogP contribution is -2.51. The van der Waals surface area contributed by atoms with Crippen LogP contribution in [0.15, 0.2) is 41.7 Å². The molecule has 0 unspecified atom stereocenters. The molecule has 0 bridgehead atoms. The summed E-state index contributed by atoms with van der Waals surface area (Å²) in [5.41, 5.74) is 6.52. The second kappa shape index (κ2) is 8.81. The minimum Gasteiger partial charge on any atom is -0.434 e. The molecule has 1 saturated heterocycles. The van der Waals surface area contributed by atoms with E-state index in [1.54, 1.807) is 24.5 Å². The van der Waals surface area contributed by atoms with E-state index in [1.807, 2.05) is 4.90 Å². The Labute approximate surface area is 160 Å². The van der Waals surface area contributed by atoms with Crippen molar-refractivity contribution in [2.45, 2.75) is 13.2 Å². The number of nitrogens with zero attached hydrogens (tertiary/aromatic N) is 5. The topological polar surface area (TPSA) is 79.9 Å². The van der Waals surface area contributed by atoms with Gasteiger partial charge in [0.15, 0.2) is 5.96 Å². The van der Waals surface area contributed by atoms with Crippen molar-refractivity contribution in [1.29, 1.82) is 0 Å². The van der Waals surface area contributed by atoms with Crippen LogP contribution in [0.3, 0.4) is 0 Å². The van der Waals surface area contributed by atoms with Crippen molar-refractivity contribution in [3.63, 3.8) is 0 Å². The number of anilines is 1. The molecule has 0 saturated carbocycles. The third kappa shape index (κ3) is 5.16. The number of guanidine groups is 1. The number of ether oxygens (including phenoxy) is 1. The summed E-state index contributed by atoms with van der Waals surface area (Å²) < 4.78 is 29.6. The van der Waals surface area contributed by atoms with Crippen LogP contribution in [0.25, 0.3) is 0 Å². The normalized spacial score (nSPS) is 15.3. The van der Waals surface area contributed by atoms with Crippen molar-refractivity contribution in [2.75, 3.05) is 31.1 Å². The molecule has 2 heterocycles. The Balaban J connectivity index is 1.61. The maximum absolute atomic E-state index is 12.5. The lowest BCUT2D eigenvalue weighted by molar-refractivity contribution is -0.0504. The van der Waals surface area contributed by atoms with Crippen LogP contribution in [0.5, 0.6) is 5.75 Å². The fraction of sp³-hybridized carbons (Fsp3) is 0.353. The zero-order valence-electron chi connectivity index (χ0n) is 14.4. The van der Waals surface area contributed by atoms with Crippen LogP contribution in [0.2, 0.25) is 5.02 Å². The summed E-state index contributed by atoms with van der Waals surface area (Å²) in [7, 11) is 0. The molecule has 0 radical (unpaired) electrons. The monoisotopic (exact) mass is 396 g/mol. The van der Waals surface area contributed by atoms with E-state index in [0.29, 0.717) is 48.7 Å². The molecule has 3 rings (SSSR count). The highest BCUT2D eigenvalue weighted by Gasteiger charge is 2.20. The molecule has 0 spiro atoms. The van der Waals surface area contributed by atoms with E-state index < -0.39 is 6.61 Å². The average Bonchev–Trinajstić information content (AvgIpc) is 2.68. The predicted molar refractivity (Wildman–Crippen MR) is 99.2 cm³/mol. The van der Waals surface area contributed by atoms with Gasteiger partial charge < -0.3 is 20.3 Å². The maximum Gasteiger partial charge on any atom is 0.387 e. The molecular formula is C17H19ClF2N6O. The van der Waals surface area contributed by atoms with Crippen molar-refractivity contribution in [3.8, 4) is 5.75 Å². The van der Waals surface area contributed by atoms with Gasteiger partial charge in [0.25, 0.3) is 0 Å². The molecule has 2 aromatic rings. The molecule has 1 aromatic heterocycles. The van der Waals surface area contributed by atoms with Crippen molar-refractivity contribution < 1.29 is 13.5 Å². The van der Waals surface area contributed by atoms with Crippen LogP contribution >= 0.6 is 11.6 Å². The molecule has 1 fully saturated rings. The van der Waals surface area contributed by atoms with Crippen LogP contribution in [0.4, 0.5) is 14.7 Å². The highest BCUT2D eigenvalue weighted by molar-refractivity contribution is 6.30. The summed E-state index contributed by atoms with van der Waals surface area (Å²) in [6.07, 6.45) is 3.41. The molecule has 144 valence electrons. The van der Waals surface area contributed by atoms with Gasteiger partial charge in [0, 0.05) is 49.2 Å². The lowest BCUT2D eigenvalue weighted by atomic mass is 10.2. The van der Waals surface area contributed by atoms with Crippen molar-refractivity contribution >= 4 is 23.5 Å². The molecule has 1 aliphatic rings. The first kappa shape index (κ1) is 19.1. The molecule has 0 amide bonds. The van der Waals surface area contributed by atoms with Crippen LogP contribution in [-0.2, 0) is 6.54 Å². The molecule has 7 nitrogen and oxygen atoms in total. The number of nitrogens with two attached hydrogens (primary N) is 1. The van der Waals surface area contributed by atoms with Gasteiger partial charge in [0.2, 0.25) is 5.95 Å². The maximum atomic E-state index is 12.5. The van der Waals surface area contributed by atoms with Gasteiger partial charge in [-0.05, 0) is 24.3 Å². The molecule has 27 heavy (non-hydrogen) atoms. The fourth-order valence-electron chi connectivity index (χ4n) is 2.74. The molecule has 0 aliphatic carbocycles. The number of rotatable bonds is 5. The van der Waals surface area contributed by atoms with E-state index >= 15 is 0 Å². The lowest BCUT2D eigenvalue weighted by Gasteiger charge is -2.35. The second-order valence-corrected chi connectivity index (χ2v) is 6.26. The number of aromatic nitrogens is 2. The number of alkyl halides is 2. The molecule has 10 heteroatoms. The van der Waals surface area contributed by atoms with E-state index in [1.165, 1.54) is 12.1 Å². The predicted octanol–water partition coefficient (Wildman–Crippen LogP) is 2.37. The third-order valence-electron chi connectivity index (χ3n) is 4.09. The zero-order chi connectivity index (χ0) is 19.2. The van der Waals surface area contributed by atoms with E-state index in [4.69, 9.17) is 17.3 Å². The molecule has 0 atom stereocenters. The Morgan fingerprint density at radius 1 is 1.22 bits per heavy atom. The number of piperazine rings is 1. The Bertz CT molecular complexity index is 784. The van der Waals surface area contributed by atoms with Gasteiger partial charge >= 0.3 is 6.61 Å². The van der Waals surface area contributed by atoms with E-state index in [2.05, 4.69) is 24.6 Å². The smallest absolute Gasteiger partial charge is 0.387 e. The first-order valence-corrected chi connectivity index (χ1v) is 8.71. The number of aliphatic imine (C=N–C) groups is 1. The van der Waals surface area contributed by atoms with Gasteiger partial charge in [-0.2, -0.15) is 8.78 Å².